The molecule has 5 N–H and O–H groups in total. The van der Waals surface area contributed by atoms with Crippen LogP contribution in [0.15, 0.2) is 78.9 Å². The van der Waals surface area contributed by atoms with Gasteiger partial charge in [0.1, 0.15) is 18.4 Å². The monoisotopic (exact) mass is 466 g/mol. The molecule has 3 aromatic carbocycles. The van der Waals surface area contributed by atoms with Gasteiger partial charge in [-0.15, -0.1) is 0 Å². The van der Waals surface area contributed by atoms with Crippen LogP contribution < -0.4 is 26.6 Å². The molecular formula is C24H23ClN4O4. The highest BCUT2D eigenvalue weighted by atomic mass is 35.5. The molecule has 9 heteroatoms. The summed E-state index contributed by atoms with van der Waals surface area (Å²) in [7, 11) is 0. The predicted molar refractivity (Wildman–Crippen MR) is 124 cm³/mol. The Kier molecular flexibility index (Phi) is 8.26. The van der Waals surface area contributed by atoms with Crippen LogP contribution in [0.1, 0.15) is 21.5 Å². The number of carbonyl (C=O) groups excluding carboxylic acids is 3. The van der Waals surface area contributed by atoms with Gasteiger partial charge in [-0.3, -0.25) is 20.4 Å². The van der Waals surface area contributed by atoms with E-state index >= 15 is 0 Å². The third-order valence-electron chi connectivity index (χ3n) is 4.65. The van der Waals surface area contributed by atoms with E-state index in [9.17, 15) is 14.4 Å². The van der Waals surface area contributed by atoms with E-state index in [0.717, 1.165) is 11.1 Å². The molecule has 33 heavy (non-hydrogen) atoms. The van der Waals surface area contributed by atoms with Crippen LogP contribution in [0.2, 0.25) is 5.02 Å². The zero-order chi connectivity index (χ0) is 23.6. The SMILES string of the molecule is NC(=O)NC(Cc1ccccc1)C(=O)NNC(=O)c1ccc(COc2ccc(Cl)cc2)cc1. The molecule has 0 fully saturated rings. The van der Waals surface area contributed by atoms with Crippen molar-refractivity contribution in [2.45, 2.75) is 19.1 Å². The van der Waals surface area contributed by atoms with Gasteiger partial charge < -0.3 is 15.8 Å². The smallest absolute Gasteiger partial charge is 0.312 e. The Morgan fingerprint density at radius 1 is 0.848 bits per heavy atom. The Morgan fingerprint density at radius 3 is 2.15 bits per heavy atom. The minimum atomic E-state index is -0.947. The molecule has 1 atom stereocenters. The number of hydrogen-bond donors (Lipinski definition) is 4. The fraction of sp³-hybridized carbons (Fsp3) is 0.125. The maximum Gasteiger partial charge on any atom is 0.312 e. The minimum absolute atomic E-state index is 0.216. The van der Waals surface area contributed by atoms with Crippen molar-refractivity contribution in [2.75, 3.05) is 0 Å². The first kappa shape index (κ1) is 23.6. The van der Waals surface area contributed by atoms with Gasteiger partial charge in [-0.25, -0.2) is 4.79 Å². The molecule has 3 aromatic rings. The summed E-state index contributed by atoms with van der Waals surface area (Å²) in [6.07, 6.45) is 0.216. The summed E-state index contributed by atoms with van der Waals surface area (Å²) >= 11 is 5.85. The maximum atomic E-state index is 12.5. The second-order valence-electron chi connectivity index (χ2n) is 7.13. The topological polar surface area (TPSA) is 123 Å². The van der Waals surface area contributed by atoms with Crippen molar-refractivity contribution in [3.05, 3.63) is 101 Å². The first-order chi connectivity index (χ1) is 15.9. The van der Waals surface area contributed by atoms with Crippen LogP contribution in [0, 0.1) is 0 Å². The average Bonchev–Trinajstić information content (AvgIpc) is 2.82. The Labute approximate surface area is 196 Å². The zero-order valence-corrected chi connectivity index (χ0v) is 18.3. The fourth-order valence-corrected chi connectivity index (χ4v) is 3.08. The molecule has 3 rings (SSSR count). The lowest BCUT2D eigenvalue weighted by Gasteiger charge is -2.17. The van der Waals surface area contributed by atoms with E-state index in [4.69, 9.17) is 22.1 Å². The van der Waals surface area contributed by atoms with Crippen LogP contribution in [-0.2, 0) is 17.8 Å². The molecule has 0 bridgehead atoms. The number of halogens is 1. The highest BCUT2D eigenvalue weighted by Gasteiger charge is 2.21. The molecule has 0 saturated heterocycles. The summed E-state index contributed by atoms with van der Waals surface area (Å²) in [5, 5.41) is 3.01. The summed E-state index contributed by atoms with van der Waals surface area (Å²) in [5.41, 5.74) is 11.9. The van der Waals surface area contributed by atoms with Crippen molar-refractivity contribution in [1.82, 2.24) is 16.2 Å². The van der Waals surface area contributed by atoms with Crippen molar-refractivity contribution < 1.29 is 19.1 Å². The molecule has 0 aliphatic rings. The number of hydrazine groups is 1. The number of nitrogens with two attached hydrogens (primary N) is 1. The molecule has 0 saturated carbocycles. The normalized spacial score (nSPS) is 11.2. The number of hydrogen-bond acceptors (Lipinski definition) is 4. The van der Waals surface area contributed by atoms with Gasteiger partial charge in [0, 0.05) is 17.0 Å². The number of benzene rings is 3. The van der Waals surface area contributed by atoms with Crippen molar-refractivity contribution in [1.29, 1.82) is 0 Å². The molecule has 4 amide bonds. The van der Waals surface area contributed by atoms with E-state index in [1.165, 1.54) is 0 Å². The van der Waals surface area contributed by atoms with Gasteiger partial charge in [0.25, 0.3) is 11.8 Å². The summed E-state index contributed by atoms with van der Waals surface area (Å²) in [5.74, 6) is -0.427. The first-order valence-corrected chi connectivity index (χ1v) is 10.5. The van der Waals surface area contributed by atoms with E-state index in [-0.39, 0.29) is 6.42 Å². The van der Waals surface area contributed by atoms with Gasteiger partial charge in [0.2, 0.25) is 0 Å². The lowest BCUT2D eigenvalue weighted by Crippen LogP contribution is -2.54. The fourth-order valence-electron chi connectivity index (χ4n) is 2.96. The van der Waals surface area contributed by atoms with E-state index in [1.54, 1.807) is 48.5 Å². The highest BCUT2D eigenvalue weighted by Crippen LogP contribution is 2.17. The number of rotatable bonds is 8. The van der Waals surface area contributed by atoms with E-state index in [0.29, 0.717) is 22.9 Å². The largest absolute Gasteiger partial charge is 0.489 e. The molecule has 1 unspecified atom stereocenters. The number of carbonyl (C=O) groups is 3. The zero-order valence-electron chi connectivity index (χ0n) is 17.6. The average molecular weight is 467 g/mol. The summed E-state index contributed by atoms with van der Waals surface area (Å²) in [6.45, 7) is 0.320. The van der Waals surface area contributed by atoms with Crippen molar-refractivity contribution >= 4 is 29.4 Å². The highest BCUT2D eigenvalue weighted by molar-refractivity contribution is 6.30. The van der Waals surface area contributed by atoms with Crippen molar-refractivity contribution in [3.63, 3.8) is 0 Å². The van der Waals surface area contributed by atoms with Gasteiger partial charge in [0.15, 0.2) is 0 Å². The lowest BCUT2D eigenvalue weighted by molar-refractivity contribution is -0.123. The second-order valence-corrected chi connectivity index (χ2v) is 7.57. The van der Waals surface area contributed by atoms with Crippen LogP contribution in [0.4, 0.5) is 4.79 Å². The second kappa shape index (κ2) is 11.5. The molecule has 170 valence electrons. The Balaban J connectivity index is 1.52. The van der Waals surface area contributed by atoms with Crippen molar-refractivity contribution in [2.24, 2.45) is 5.73 Å². The predicted octanol–water partition coefficient (Wildman–Crippen LogP) is 2.96. The van der Waals surface area contributed by atoms with E-state index < -0.39 is 23.9 Å². The number of urea groups is 1. The van der Waals surface area contributed by atoms with Gasteiger partial charge in [0.05, 0.1) is 0 Å². The Morgan fingerprint density at radius 2 is 1.52 bits per heavy atom. The molecular weight excluding hydrogens is 444 g/mol. The van der Waals surface area contributed by atoms with Crippen molar-refractivity contribution in [3.8, 4) is 5.75 Å². The summed E-state index contributed by atoms with van der Waals surface area (Å²) < 4.78 is 5.67. The number of nitrogens with one attached hydrogen (secondary N) is 3. The number of amides is 4. The van der Waals surface area contributed by atoms with Crippen LogP contribution >= 0.6 is 11.6 Å². The molecule has 0 radical (unpaired) electrons. The lowest BCUT2D eigenvalue weighted by atomic mass is 10.1. The van der Waals surface area contributed by atoms with Crippen LogP contribution in [0.25, 0.3) is 0 Å². The maximum absolute atomic E-state index is 12.5. The Bertz CT molecular complexity index is 1090. The third-order valence-corrected chi connectivity index (χ3v) is 4.90. The first-order valence-electron chi connectivity index (χ1n) is 10.1. The molecule has 0 spiro atoms. The van der Waals surface area contributed by atoms with Gasteiger partial charge in [-0.05, 0) is 47.5 Å². The summed E-state index contributed by atoms with van der Waals surface area (Å²) in [4.78, 5) is 36.2. The molecule has 0 heterocycles. The molecule has 8 nitrogen and oxygen atoms in total. The molecule has 0 aliphatic carbocycles. The van der Waals surface area contributed by atoms with Gasteiger partial charge in [-0.1, -0.05) is 54.1 Å². The van der Waals surface area contributed by atoms with Gasteiger partial charge >= 0.3 is 6.03 Å². The van der Waals surface area contributed by atoms with Crippen LogP contribution in [0.3, 0.4) is 0 Å². The van der Waals surface area contributed by atoms with E-state index in [2.05, 4.69) is 16.2 Å². The molecule has 0 aliphatic heterocycles. The quantitative estimate of drug-likeness (QED) is 0.381. The van der Waals surface area contributed by atoms with E-state index in [1.807, 2.05) is 30.3 Å². The van der Waals surface area contributed by atoms with Gasteiger partial charge in [-0.2, -0.15) is 0 Å². The van der Waals surface area contributed by atoms with Crippen LogP contribution in [0.5, 0.6) is 5.75 Å². The summed E-state index contributed by atoms with van der Waals surface area (Å²) in [6, 6.07) is 21.1. The Hall–Kier alpha value is -4.04. The molecule has 0 aromatic heterocycles. The number of ether oxygens (including phenoxy) is 1. The third kappa shape index (κ3) is 7.55. The number of primary amides is 1. The van der Waals surface area contributed by atoms with Crippen LogP contribution in [-0.4, -0.2) is 23.9 Å². The standard InChI is InChI=1S/C24H23ClN4O4/c25-19-10-12-20(13-11-19)33-15-17-6-8-18(9-7-17)22(30)28-29-23(31)21(27-24(26)32)14-16-4-2-1-3-5-16/h1-13,21H,14-15H2,(H,28,30)(H,29,31)(H3,26,27,32). The minimum Gasteiger partial charge on any atom is -0.489 e.